The van der Waals surface area contributed by atoms with Crippen LogP contribution in [0.25, 0.3) is 0 Å². The lowest BCUT2D eigenvalue weighted by molar-refractivity contribution is -0.123. The second-order valence-electron chi connectivity index (χ2n) is 5.98. The van der Waals surface area contributed by atoms with Crippen molar-refractivity contribution in [1.29, 1.82) is 0 Å². The van der Waals surface area contributed by atoms with Gasteiger partial charge in [-0.15, -0.1) is 0 Å². The number of likely N-dealkylation sites (N-methyl/N-ethyl adjacent to an activating group) is 1. The lowest BCUT2D eigenvalue weighted by atomic mass is 9.90. The van der Waals surface area contributed by atoms with Crippen molar-refractivity contribution in [3.8, 4) is 0 Å². The Kier molecular flexibility index (Phi) is 7.39. The second kappa shape index (κ2) is 8.54. The highest BCUT2D eigenvalue weighted by Gasteiger charge is 2.27. The fourth-order valence-electron chi connectivity index (χ4n) is 2.66. The molecular weight excluding hydrogens is 240 g/mol. The van der Waals surface area contributed by atoms with E-state index in [2.05, 4.69) is 5.32 Å². The van der Waals surface area contributed by atoms with E-state index >= 15 is 0 Å². The maximum Gasteiger partial charge on any atom is 0.237 e. The molecule has 1 rings (SSSR count). The summed E-state index contributed by atoms with van der Waals surface area (Å²) in [4.78, 5) is 11.3. The molecule has 4 nitrogen and oxygen atoms in total. The van der Waals surface area contributed by atoms with Crippen LogP contribution in [-0.2, 0) is 9.53 Å². The molecule has 3 N–H and O–H groups in total. The van der Waals surface area contributed by atoms with Crippen LogP contribution in [0, 0.1) is 5.92 Å². The molecule has 4 heteroatoms. The minimum atomic E-state index is -0.580. The first kappa shape index (κ1) is 16.4. The molecule has 1 fully saturated rings. The van der Waals surface area contributed by atoms with Crippen molar-refractivity contribution in [3.63, 3.8) is 0 Å². The van der Waals surface area contributed by atoms with Gasteiger partial charge in [-0.25, -0.2) is 0 Å². The number of hydrogen-bond acceptors (Lipinski definition) is 3. The van der Waals surface area contributed by atoms with E-state index in [4.69, 9.17) is 10.5 Å². The summed E-state index contributed by atoms with van der Waals surface area (Å²) < 4.78 is 5.75. The van der Waals surface area contributed by atoms with E-state index in [9.17, 15) is 4.79 Å². The van der Waals surface area contributed by atoms with Gasteiger partial charge in [0.25, 0.3) is 0 Å². The standard InChI is InChI=1S/C15H30N2O2/c1-15(17-2,14(16)18)10-6-7-11-19-12-13-8-4-3-5-9-13/h13,17H,3-12H2,1-2H3,(H2,16,18). The number of primary amides is 1. The predicted octanol–water partition coefficient (Wildman–Crippen LogP) is 2.22. The third-order valence-corrected chi connectivity index (χ3v) is 4.39. The van der Waals surface area contributed by atoms with E-state index in [-0.39, 0.29) is 5.91 Å². The van der Waals surface area contributed by atoms with E-state index in [1.54, 1.807) is 7.05 Å². The van der Waals surface area contributed by atoms with Gasteiger partial charge in [0, 0.05) is 13.2 Å². The van der Waals surface area contributed by atoms with Crippen molar-refractivity contribution >= 4 is 5.91 Å². The average molecular weight is 270 g/mol. The van der Waals surface area contributed by atoms with Crippen LogP contribution in [0.5, 0.6) is 0 Å². The van der Waals surface area contributed by atoms with Crippen molar-refractivity contribution in [1.82, 2.24) is 5.32 Å². The molecule has 1 atom stereocenters. The van der Waals surface area contributed by atoms with Crippen LogP contribution in [0.4, 0.5) is 0 Å². The fourth-order valence-corrected chi connectivity index (χ4v) is 2.66. The normalized spacial score (nSPS) is 20.1. The van der Waals surface area contributed by atoms with Gasteiger partial charge in [-0.2, -0.15) is 0 Å². The molecule has 0 aromatic carbocycles. The van der Waals surface area contributed by atoms with Gasteiger partial charge in [-0.3, -0.25) is 4.79 Å². The summed E-state index contributed by atoms with van der Waals surface area (Å²) in [5.41, 5.74) is 4.81. The fraction of sp³-hybridized carbons (Fsp3) is 0.933. The summed E-state index contributed by atoms with van der Waals surface area (Å²) in [6, 6.07) is 0. The Morgan fingerprint density at radius 2 is 2.00 bits per heavy atom. The first-order valence-corrected chi connectivity index (χ1v) is 7.65. The molecule has 112 valence electrons. The van der Waals surface area contributed by atoms with Crippen LogP contribution < -0.4 is 11.1 Å². The molecule has 0 aliphatic heterocycles. The summed E-state index contributed by atoms with van der Waals surface area (Å²) in [7, 11) is 1.78. The first-order valence-electron chi connectivity index (χ1n) is 7.65. The van der Waals surface area contributed by atoms with Gasteiger partial charge in [-0.1, -0.05) is 19.3 Å². The average Bonchev–Trinajstić information content (AvgIpc) is 2.43. The Balaban J connectivity index is 2.02. The lowest BCUT2D eigenvalue weighted by Gasteiger charge is -2.25. The van der Waals surface area contributed by atoms with Gasteiger partial charge in [0.1, 0.15) is 0 Å². The van der Waals surface area contributed by atoms with E-state index in [1.165, 1.54) is 32.1 Å². The number of amides is 1. The van der Waals surface area contributed by atoms with Crippen LogP contribution in [0.2, 0.25) is 0 Å². The molecule has 0 saturated heterocycles. The zero-order valence-corrected chi connectivity index (χ0v) is 12.5. The molecule has 0 heterocycles. The first-order chi connectivity index (χ1) is 9.08. The molecule has 0 bridgehead atoms. The highest BCUT2D eigenvalue weighted by molar-refractivity contribution is 5.84. The van der Waals surface area contributed by atoms with Crippen LogP contribution in [0.3, 0.4) is 0 Å². The van der Waals surface area contributed by atoms with Gasteiger partial charge < -0.3 is 15.8 Å². The highest BCUT2D eigenvalue weighted by atomic mass is 16.5. The van der Waals surface area contributed by atoms with E-state index in [0.717, 1.165) is 38.4 Å². The number of carbonyl (C=O) groups is 1. The molecular formula is C15H30N2O2. The number of ether oxygens (including phenoxy) is 1. The molecule has 0 radical (unpaired) electrons. The van der Waals surface area contributed by atoms with Gasteiger partial charge in [0.2, 0.25) is 5.91 Å². The van der Waals surface area contributed by atoms with Gasteiger partial charge >= 0.3 is 0 Å². The maximum atomic E-state index is 11.3. The monoisotopic (exact) mass is 270 g/mol. The van der Waals surface area contributed by atoms with E-state index in [0.29, 0.717) is 0 Å². The quantitative estimate of drug-likeness (QED) is 0.631. The molecule has 0 aromatic rings. The number of nitrogens with two attached hydrogens (primary N) is 1. The molecule has 19 heavy (non-hydrogen) atoms. The topological polar surface area (TPSA) is 64.3 Å². The Hall–Kier alpha value is -0.610. The van der Waals surface area contributed by atoms with Crippen LogP contribution in [0.15, 0.2) is 0 Å². The van der Waals surface area contributed by atoms with Crippen LogP contribution in [-0.4, -0.2) is 31.7 Å². The molecule has 1 aliphatic carbocycles. The zero-order valence-electron chi connectivity index (χ0n) is 12.5. The van der Waals surface area contributed by atoms with Crippen LogP contribution in [0.1, 0.15) is 58.3 Å². The molecule has 0 spiro atoms. The Labute approximate surface area is 117 Å². The molecule has 0 aromatic heterocycles. The van der Waals surface area contributed by atoms with Gasteiger partial charge in [0.05, 0.1) is 5.54 Å². The summed E-state index contributed by atoms with van der Waals surface area (Å²) in [6.07, 6.45) is 9.53. The van der Waals surface area contributed by atoms with Gasteiger partial charge in [-0.05, 0) is 52.0 Å². The second-order valence-corrected chi connectivity index (χ2v) is 5.98. The van der Waals surface area contributed by atoms with Crippen molar-refractivity contribution < 1.29 is 9.53 Å². The minimum Gasteiger partial charge on any atom is -0.381 e. The van der Waals surface area contributed by atoms with Crippen molar-refractivity contribution in [2.75, 3.05) is 20.3 Å². The highest BCUT2D eigenvalue weighted by Crippen LogP contribution is 2.23. The Bertz CT molecular complexity index is 265. The number of unbranched alkanes of at least 4 members (excludes halogenated alkanes) is 1. The lowest BCUT2D eigenvalue weighted by Crippen LogP contribution is -2.51. The predicted molar refractivity (Wildman–Crippen MR) is 77.9 cm³/mol. The van der Waals surface area contributed by atoms with Gasteiger partial charge in [0.15, 0.2) is 0 Å². The number of rotatable bonds is 9. The van der Waals surface area contributed by atoms with Crippen molar-refractivity contribution in [2.24, 2.45) is 11.7 Å². The summed E-state index contributed by atoms with van der Waals surface area (Å²) in [5.74, 6) is 0.500. The Morgan fingerprint density at radius 1 is 1.32 bits per heavy atom. The maximum absolute atomic E-state index is 11.3. The summed E-state index contributed by atoms with van der Waals surface area (Å²) in [6.45, 7) is 3.58. The van der Waals surface area contributed by atoms with Crippen molar-refractivity contribution in [2.45, 2.75) is 63.8 Å². The summed E-state index contributed by atoms with van der Waals surface area (Å²) in [5, 5.41) is 3.01. The SMILES string of the molecule is CNC(C)(CCCCOCC1CCCCC1)C(N)=O. The molecule has 1 amide bonds. The largest absolute Gasteiger partial charge is 0.381 e. The molecule has 1 saturated carbocycles. The minimum absolute atomic E-state index is 0.280. The van der Waals surface area contributed by atoms with Crippen molar-refractivity contribution in [3.05, 3.63) is 0 Å². The Morgan fingerprint density at radius 3 is 2.58 bits per heavy atom. The summed E-state index contributed by atoms with van der Waals surface area (Å²) >= 11 is 0. The number of nitrogens with one attached hydrogen (secondary N) is 1. The molecule has 1 unspecified atom stereocenters. The van der Waals surface area contributed by atoms with E-state index in [1.807, 2.05) is 6.92 Å². The smallest absolute Gasteiger partial charge is 0.237 e. The molecule has 1 aliphatic rings. The zero-order chi connectivity index (χ0) is 14.1. The number of carbonyl (C=O) groups excluding carboxylic acids is 1. The van der Waals surface area contributed by atoms with E-state index < -0.39 is 5.54 Å². The third-order valence-electron chi connectivity index (χ3n) is 4.39. The van der Waals surface area contributed by atoms with Crippen LogP contribution >= 0.6 is 0 Å². The third kappa shape index (κ3) is 5.91. The number of hydrogen-bond donors (Lipinski definition) is 2.